The zero-order valence-corrected chi connectivity index (χ0v) is 12.7. The summed E-state index contributed by atoms with van der Waals surface area (Å²) in [5.41, 5.74) is 1.55. The predicted octanol–water partition coefficient (Wildman–Crippen LogP) is 2.50. The number of hydrogen-bond acceptors (Lipinski definition) is 4. The van der Waals surface area contributed by atoms with Gasteiger partial charge in [0.1, 0.15) is 11.6 Å². The second-order valence-corrected chi connectivity index (χ2v) is 4.65. The van der Waals surface area contributed by atoms with E-state index >= 15 is 0 Å². The second kappa shape index (κ2) is 8.53. The van der Waals surface area contributed by atoms with Gasteiger partial charge in [0.05, 0.1) is 13.3 Å². The molecule has 6 heteroatoms. The average Bonchev–Trinajstić information content (AvgIpc) is 2.58. The maximum atomic E-state index is 12.7. The molecule has 0 bridgehead atoms. The zero-order chi connectivity index (χ0) is 16.5. The van der Waals surface area contributed by atoms with Crippen LogP contribution in [0.25, 0.3) is 0 Å². The van der Waals surface area contributed by atoms with E-state index in [0.29, 0.717) is 17.9 Å². The van der Waals surface area contributed by atoms with Gasteiger partial charge < -0.3 is 14.9 Å². The third-order valence-corrected chi connectivity index (χ3v) is 3.01. The van der Waals surface area contributed by atoms with Gasteiger partial charge in [-0.1, -0.05) is 35.5 Å². The first-order valence-electron chi connectivity index (χ1n) is 6.98. The van der Waals surface area contributed by atoms with Crippen LogP contribution in [-0.4, -0.2) is 25.8 Å². The van der Waals surface area contributed by atoms with E-state index < -0.39 is 0 Å². The zero-order valence-electron chi connectivity index (χ0n) is 12.7. The van der Waals surface area contributed by atoms with Crippen molar-refractivity contribution in [3.63, 3.8) is 0 Å². The van der Waals surface area contributed by atoms with Gasteiger partial charge >= 0.3 is 0 Å². The fourth-order valence-corrected chi connectivity index (χ4v) is 1.84. The number of nitrogens with one attached hydrogen (secondary N) is 1. The highest BCUT2D eigenvalue weighted by atomic mass is 19.1. The molecule has 2 aromatic rings. The minimum atomic E-state index is -0.321. The fraction of sp³-hybridized carbons (Fsp3) is 0.176. The molecule has 23 heavy (non-hydrogen) atoms. The quantitative estimate of drug-likeness (QED) is 0.631. The Morgan fingerprint density at radius 1 is 1.22 bits per heavy atom. The van der Waals surface area contributed by atoms with Crippen molar-refractivity contribution in [3.8, 4) is 5.75 Å². The Bertz CT molecular complexity index is 672. The molecule has 120 valence electrons. The molecule has 0 saturated carbocycles. The van der Waals surface area contributed by atoms with Gasteiger partial charge in [-0.15, -0.1) is 0 Å². The fourth-order valence-electron chi connectivity index (χ4n) is 1.84. The van der Waals surface area contributed by atoms with E-state index in [4.69, 9.17) is 9.57 Å². The van der Waals surface area contributed by atoms with E-state index in [1.165, 1.54) is 18.3 Å². The largest absolute Gasteiger partial charge is 0.496 e. The standard InChI is InChI=1S/C17H17FN2O3/c1-22-16-5-3-2-4-14(16)11-19-17(21)12-23-20-10-13-6-8-15(18)9-7-13/h2-10H,11-12H2,1H3,(H,19,21)/b20-10+. The molecule has 0 radical (unpaired) electrons. The maximum Gasteiger partial charge on any atom is 0.261 e. The summed E-state index contributed by atoms with van der Waals surface area (Å²) in [6, 6.07) is 13.2. The third-order valence-electron chi connectivity index (χ3n) is 3.01. The van der Waals surface area contributed by atoms with Gasteiger partial charge in [0, 0.05) is 12.1 Å². The molecule has 0 unspecified atom stereocenters. The van der Waals surface area contributed by atoms with Crippen LogP contribution < -0.4 is 10.1 Å². The van der Waals surface area contributed by atoms with Crippen LogP contribution in [0.1, 0.15) is 11.1 Å². The minimum Gasteiger partial charge on any atom is -0.496 e. The lowest BCUT2D eigenvalue weighted by Gasteiger charge is -2.08. The van der Waals surface area contributed by atoms with Crippen LogP contribution in [0.2, 0.25) is 0 Å². The van der Waals surface area contributed by atoms with Gasteiger partial charge in [-0.3, -0.25) is 4.79 Å². The van der Waals surface area contributed by atoms with Gasteiger partial charge in [0.15, 0.2) is 6.61 Å². The van der Waals surface area contributed by atoms with Crippen molar-refractivity contribution < 1.29 is 18.8 Å². The minimum absolute atomic E-state index is 0.202. The summed E-state index contributed by atoms with van der Waals surface area (Å²) in [6.45, 7) is 0.140. The van der Waals surface area contributed by atoms with Crippen molar-refractivity contribution in [1.29, 1.82) is 0 Å². The van der Waals surface area contributed by atoms with Crippen LogP contribution in [0.4, 0.5) is 4.39 Å². The summed E-state index contributed by atoms with van der Waals surface area (Å²) in [5.74, 6) is 0.0917. The topological polar surface area (TPSA) is 59.9 Å². The van der Waals surface area contributed by atoms with Crippen molar-refractivity contribution in [3.05, 3.63) is 65.5 Å². The molecule has 0 aliphatic heterocycles. The molecule has 0 atom stereocenters. The Balaban J connectivity index is 1.74. The highest BCUT2D eigenvalue weighted by Crippen LogP contribution is 2.16. The Morgan fingerprint density at radius 3 is 2.70 bits per heavy atom. The first-order chi connectivity index (χ1) is 11.2. The molecule has 0 spiro atoms. The third kappa shape index (κ3) is 5.43. The number of nitrogens with zero attached hydrogens (tertiary/aromatic N) is 1. The number of ether oxygens (including phenoxy) is 1. The molecule has 0 fully saturated rings. The predicted molar refractivity (Wildman–Crippen MR) is 84.8 cm³/mol. The number of methoxy groups -OCH3 is 1. The summed E-state index contributed by atoms with van der Waals surface area (Å²) >= 11 is 0. The molecule has 0 saturated heterocycles. The first-order valence-corrected chi connectivity index (χ1v) is 6.98. The molecular weight excluding hydrogens is 299 g/mol. The van der Waals surface area contributed by atoms with Crippen LogP contribution >= 0.6 is 0 Å². The molecule has 0 aromatic heterocycles. The molecule has 5 nitrogen and oxygen atoms in total. The van der Waals surface area contributed by atoms with E-state index in [1.807, 2.05) is 24.3 Å². The first kappa shape index (κ1) is 16.5. The molecule has 0 aliphatic carbocycles. The van der Waals surface area contributed by atoms with E-state index in [2.05, 4.69) is 10.5 Å². The average molecular weight is 316 g/mol. The van der Waals surface area contributed by atoms with Gasteiger partial charge in [-0.25, -0.2) is 4.39 Å². The number of rotatable bonds is 7. The van der Waals surface area contributed by atoms with Gasteiger partial charge in [-0.05, 0) is 23.8 Å². The van der Waals surface area contributed by atoms with Gasteiger partial charge in [0.2, 0.25) is 0 Å². The molecule has 2 rings (SSSR count). The number of benzene rings is 2. The number of halogens is 1. The number of amides is 1. The van der Waals surface area contributed by atoms with E-state index in [0.717, 1.165) is 5.56 Å². The van der Waals surface area contributed by atoms with E-state index in [-0.39, 0.29) is 18.3 Å². The summed E-state index contributed by atoms with van der Waals surface area (Å²) < 4.78 is 17.9. The lowest BCUT2D eigenvalue weighted by molar-refractivity contribution is -0.125. The Labute approximate surface area is 133 Å². The van der Waals surface area contributed by atoms with Crippen molar-refractivity contribution in [2.24, 2.45) is 5.16 Å². The van der Waals surface area contributed by atoms with Crippen molar-refractivity contribution in [2.75, 3.05) is 13.7 Å². The summed E-state index contributed by atoms with van der Waals surface area (Å²) in [6.07, 6.45) is 1.41. The smallest absolute Gasteiger partial charge is 0.261 e. The van der Waals surface area contributed by atoms with Crippen LogP contribution in [-0.2, 0) is 16.2 Å². The van der Waals surface area contributed by atoms with Crippen LogP contribution in [0, 0.1) is 5.82 Å². The van der Waals surface area contributed by atoms with Gasteiger partial charge in [-0.2, -0.15) is 0 Å². The number of carbonyl (C=O) groups is 1. The van der Waals surface area contributed by atoms with Crippen LogP contribution in [0.5, 0.6) is 5.75 Å². The second-order valence-electron chi connectivity index (χ2n) is 4.65. The summed E-state index contributed by atoms with van der Waals surface area (Å²) in [7, 11) is 1.58. The molecule has 1 N–H and O–H groups in total. The van der Waals surface area contributed by atoms with Crippen molar-refractivity contribution >= 4 is 12.1 Å². The lowest BCUT2D eigenvalue weighted by atomic mass is 10.2. The van der Waals surface area contributed by atoms with E-state index in [1.54, 1.807) is 19.2 Å². The normalized spacial score (nSPS) is 10.5. The Morgan fingerprint density at radius 2 is 1.96 bits per heavy atom. The summed E-state index contributed by atoms with van der Waals surface area (Å²) in [5, 5.41) is 6.38. The van der Waals surface area contributed by atoms with Crippen molar-refractivity contribution in [2.45, 2.75) is 6.54 Å². The highest BCUT2D eigenvalue weighted by molar-refractivity contribution is 5.79. The Hall–Kier alpha value is -2.89. The highest BCUT2D eigenvalue weighted by Gasteiger charge is 2.05. The Kier molecular flexibility index (Phi) is 6.11. The molecule has 0 aliphatic rings. The molecular formula is C17H17FN2O3. The number of para-hydroxylation sites is 1. The number of hydrogen-bond donors (Lipinski definition) is 1. The van der Waals surface area contributed by atoms with Gasteiger partial charge in [0.25, 0.3) is 5.91 Å². The maximum absolute atomic E-state index is 12.7. The van der Waals surface area contributed by atoms with Crippen LogP contribution in [0.15, 0.2) is 53.7 Å². The molecule has 1 amide bonds. The molecule has 2 aromatic carbocycles. The monoisotopic (exact) mass is 316 g/mol. The SMILES string of the molecule is COc1ccccc1CNC(=O)CO/N=C/c1ccc(F)cc1. The molecule has 0 heterocycles. The van der Waals surface area contributed by atoms with Crippen LogP contribution in [0.3, 0.4) is 0 Å². The lowest BCUT2D eigenvalue weighted by Crippen LogP contribution is -2.26. The van der Waals surface area contributed by atoms with Crippen molar-refractivity contribution in [1.82, 2.24) is 5.32 Å². The number of carbonyl (C=O) groups excluding carboxylic acids is 1. The number of oxime groups is 1. The summed E-state index contributed by atoms with van der Waals surface area (Å²) in [4.78, 5) is 16.6. The van der Waals surface area contributed by atoms with E-state index in [9.17, 15) is 9.18 Å².